The van der Waals surface area contributed by atoms with Gasteiger partial charge in [-0.05, 0) is 49.7 Å². The van der Waals surface area contributed by atoms with Crippen molar-refractivity contribution in [3.63, 3.8) is 0 Å². The fourth-order valence-corrected chi connectivity index (χ4v) is 2.14. The van der Waals surface area contributed by atoms with Crippen molar-refractivity contribution in [3.05, 3.63) is 48.4 Å². The first-order valence-corrected chi connectivity index (χ1v) is 8.00. The zero-order valence-electron chi connectivity index (χ0n) is 13.7. The second-order valence-corrected chi connectivity index (χ2v) is 5.51. The Bertz CT molecular complexity index is 579. The third-order valence-electron chi connectivity index (χ3n) is 3.34. The molecule has 124 valence electrons. The second-order valence-electron chi connectivity index (χ2n) is 5.51. The van der Waals surface area contributed by atoms with E-state index in [-0.39, 0.29) is 12.1 Å². The number of carbonyl (C=O) groups is 1. The van der Waals surface area contributed by atoms with Crippen molar-refractivity contribution in [2.75, 3.05) is 11.9 Å². The van der Waals surface area contributed by atoms with Crippen LogP contribution in [0.2, 0.25) is 0 Å². The zero-order valence-corrected chi connectivity index (χ0v) is 13.7. The Morgan fingerprint density at radius 3 is 2.70 bits per heavy atom. The Morgan fingerprint density at radius 1 is 1.26 bits per heavy atom. The summed E-state index contributed by atoms with van der Waals surface area (Å²) in [5.74, 6) is 1.67. The van der Waals surface area contributed by atoms with Crippen molar-refractivity contribution < 1.29 is 13.9 Å². The van der Waals surface area contributed by atoms with Crippen molar-refractivity contribution in [2.24, 2.45) is 0 Å². The van der Waals surface area contributed by atoms with Gasteiger partial charge >= 0.3 is 6.03 Å². The summed E-state index contributed by atoms with van der Waals surface area (Å²) in [5, 5.41) is 5.69. The van der Waals surface area contributed by atoms with Gasteiger partial charge in [-0.15, -0.1) is 0 Å². The molecule has 0 aliphatic carbocycles. The van der Waals surface area contributed by atoms with Crippen molar-refractivity contribution in [1.29, 1.82) is 0 Å². The van der Waals surface area contributed by atoms with Crippen molar-refractivity contribution in [1.82, 2.24) is 5.32 Å². The van der Waals surface area contributed by atoms with E-state index < -0.39 is 0 Å². The number of urea groups is 1. The van der Waals surface area contributed by atoms with E-state index in [0.29, 0.717) is 13.0 Å². The molecule has 5 heteroatoms. The van der Waals surface area contributed by atoms with Gasteiger partial charge in [-0.25, -0.2) is 4.79 Å². The van der Waals surface area contributed by atoms with E-state index in [1.807, 2.05) is 43.3 Å². The molecule has 2 aromatic rings. The van der Waals surface area contributed by atoms with Crippen LogP contribution in [0.15, 0.2) is 47.1 Å². The maximum atomic E-state index is 12.0. The molecule has 0 aliphatic rings. The number of rotatable bonds is 8. The smallest absolute Gasteiger partial charge is 0.319 e. The van der Waals surface area contributed by atoms with Crippen LogP contribution in [0.4, 0.5) is 10.5 Å². The van der Waals surface area contributed by atoms with Gasteiger partial charge in [0.05, 0.1) is 12.9 Å². The van der Waals surface area contributed by atoms with Crippen LogP contribution in [-0.4, -0.2) is 18.7 Å². The van der Waals surface area contributed by atoms with Crippen LogP contribution < -0.4 is 15.4 Å². The molecule has 2 N–H and O–H groups in total. The minimum absolute atomic E-state index is 0.0159. The first-order valence-electron chi connectivity index (χ1n) is 8.00. The van der Waals surface area contributed by atoms with Crippen LogP contribution in [-0.2, 0) is 6.42 Å². The monoisotopic (exact) mass is 316 g/mol. The summed E-state index contributed by atoms with van der Waals surface area (Å²) >= 11 is 0. The molecule has 0 saturated heterocycles. The fourth-order valence-electron chi connectivity index (χ4n) is 2.14. The van der Waals surface area contributed by atoms with E-state index in [0.717, 1.165) is 30.0 Å². The highest BCUT2D eigenvalue weighted by molar-refractivity contribution is 5.89. The highest BCUT2D eigenvalue weighted by Crippen LogP contribution is 2.16. The lowest BCUT2D eigenvalue weighted by Gasteiger charge is -2.14. The first-order chi connectivity index (χ1) is 11.2. The van der Waals surface area contributed by atoms with Gasteiger partial charge in [0.2, 0.25) is 0 Å². The van der Waals surface area contributed by atoms with Gasteiger partial charge in [-0.2, -0.15) is 0 Å². The third kappa shape index (κ3) is 6.06. The molecule has 2 amide bonds. The third-order valence-corrected chi connectivity index (χ3v) is 3.34. The lowest BCUT2D eigenvalue weighted by atomic mass is 10.2. The average molecular weight is 316 g/mol. The quantitative estimate of drug-likeness (QED) is 0.717. The van der Waals surface area contributed by atoms with Gasteiger partial charge in [-0.3, -0.25) is 0 Å². The minimum Gasteiger partial charge on any atom is -0.494 e. The summed E-state index contributed by atoms with van der Waals surface area (Å²) in [6.45, 7) is 4.78. The average Bonchev–Trinajstić information content (AvgIpc) is 3.02. The lowest BCUT2D eigenvalue weighted by molar-refractivity contribution is 0.248. The van der Waals surface area contributed by atoms with E-state index in [2.05, 4.69) is 17.6 Å². The Kier molecular flexibility index (Phi) is 6.54. The highest BCUT2D eigenvalue weighted by atomic mass is 16.5. The maximum absolute atomic E-state index is 12.0. The van der Waals surface area contributed by atoms with E-state index >= 15 is 0 Å². The maximum Gasteiger partial charge on any atom is 0.319 e. The predicted octanol–water partition coefficient (Wildman–Crippen LogP) is 4.21. The SMILES string of the molecule is CCCCOc1ccc(NC(=O)NC(C)Cc2ccco2)cc1. The lowest BCUT2D eigenvalue weighted by Crippen LogP contribution is -2.37. The molecule has 0 spiro atoms. The number of unbranched alkanes of at least 4 members (excludes halogenated alkanes) is 1. The molecule has 5 nitrogen and oxygen atoms in total. The Morgan fingerprint density at radius 2 is 2.04 bits per heavy atom. The number of furan rings is 1. The summed E-state index contributed by atoms with van der Waals surface area (Å²) < 4.78 is 10.9. The van der Waals surface area contributed by atoms with Crippen molar-refractivity contribution in [2.45, 2.75) is 39.2 Å². The molecule has 0 fully saturated rings. The van der Waals surface area contributed by atoms with Crippen LogP contribution in [0.25, 0.3) is 0 Å². The van der Waals surface area contributed by atoms with Crippen LogP contribution in [0.3, 0.4) is 0 Å². The minimum atomic E-state index is -0.233. The summed E-state index contributed by atoms with van der Waals surface area (Å²) in [7, 11) is 0. The first kappa shape index (κ1) is 16.9. The Hall–Kier alpha value is -2.43. The number of nitrogens with one attached hydrogen (secondary N) is 2. The summed E-state index contributed by atoms with van der Waals surface area (Å²) in [6.07, 6.45) is 4.43. The second kappa shape index (κ2) is 8.88. The summed E-state index contributed by atoms with van der Waals surface area (Å²) in [4.78, 5) is 12.0. The largest absolute Gasteiger partial charge is 0.494 e. The Balaban J connectivity index is 1.76. The van der Waals surface area contributed by atoms with E-state index in [4.69, 9.17) is 9.15 Å². The number of benzene rings is 1. The van der Waals surface area contributed by atoms with E-state index in [1.165, 1.54) is 0 Å². The molecule has 0 saturated carbocycles. The zero-order chi connectivity index (χ0) is 16.5. The summed E-state index contributed by atoms with van der Waals surface area (Å²) in [5.41, 5.74) is 0.732. The van der Waals surface area contributed by atoms with Gasteiger partial charge < -0.3 is 19.8 Å². The van der Waals surface area contributed by atoms with Gasteiger partial charge in [-0.1, -0.05) is 13.3 Å². The number of ether oxygens (including phenoxy) is 1. The molecule has 1 atom stereocenters. The van der Waals surface area contributed by atoms with Gasteiger partial charge in [0.1, 0.15) is 11.5 Å². The molecule has 1 aromatic heterocycles. The molecule has 1 unspecified atom stereocenters. The number of amides is 2. The number of carbonyl (C=O) groups excluding carboxylic acids is 1. The molecule has 2 rings (SSSR count). The fraction of sp³-hybridized carbons (Fsp3) is 0.389. The Labute approximate surface area is 137 Å². The molecule has 0 radical (unpaired) electrons. The number of hydrogen-bond acceptors (Lipinski definition) is 3. The van der Waals surface area contributed by atoms with Gasteiger partial charge in [0, 0.05) is 18.2 Å². The molecular formula is C18H24N2O3. The number of anilines is 1. The van der Waals surface area contributed by atoms with Crippen LogP contribution in [0, 0.1) is 0 Å². The molecule has 0 aliphatic heterocycles. The predicted molar refractivity (Wildman–Crippen MR) is 90.9 cm³/mol. The van der Waals surface area contributed by atoms with Crippen LogP contribution >= 0.6 is 0 Å². The van der Waals surface area contributed by atoms with Crippen molar-refractivity contribution >= 4 is 11.7 Å². The van der Waals surface area contributed by atoms with Gasteiger partial charge in [0.25, 0.3) is 0 Å². The molecule has 0 bridgehead atoms. The van der Waals surface area contributed by atoms with Crippen LogP contribution in [0.1, 0.15) is 32.4 Å². The highest BCUT2D eigenvalue weighted by Gasteiger charge is 2.09. The molecule has 1 heterocycles. The topological polar surface area (TPSA) is 63.5 Å². The normalized spacial score (nSPS) is 11.7. The molecular weight excluding hydrogens is 292 g/mol. The number of hydrogen-bond donors (Lipinski definition) is 2. The van der Waals surface area contributed by atoms with Crippen molar-refractivity contribution in [3.8, 4) is 5.75 Å². The van der Waals surface area contributed by atoms with Gasteiger partial charge in [0.15, 0.2) is 0 Å². The summed E-state index contributed by atoms with van der Waals surface area (Å²) in [6, 6.07) is 10.9. The van der Waals surface area contributed by atoms with E-state index in [1.54, 1.807) is 6.26 Å². The molecule has 1 aromatic carbocycles. The van der Waals surface area contributed by atoms with Crippen LogP contribution in [0.5, 0.6) is 5.75 Å². The standard InChI is InChI=1S/C18H24N2O3/c1-3-4-11-22-16-9-7-15(8-10-16)20-18(21)19-14(2)13-17-6-5-12-23-17/h5-10,12,14H,3-4,11,13H2,1-2H3,(H2,19,20,21). The molecule has 23 heavy (non-hydrogen) atoms. The van der Waals surface area contributed by atoms with E-state index in [9.17, 15) is 4.79 Å².